The Balaban J connectivity index is 2.41. The highest BCUT2D eigenvalue weighted by molar-refractivity contribution is 5.70. The molecule has 1 aromatic heterocycles. The number of aromatic amines is 1. The number of aromatic nitrogens is 2. The second-order valence-corrected chi connectivity index (χ2v) is 6.24. The molecule has 1 aliphatic rings. The van der Waals surface area contributed by atoms with Gasteiger partial charge in [-0.2, -0.15) is 0 Å². The minimum atomic E-state index is -1.20. The molecule has 1 N–H and O–H groups in total. The molecule has 1 aromatic rings. The Bertz CT molecular complexity index is 859. The van der Waals surface area contributed by atoms with E-state index in [0.29, 0.717) is 0 Å². The standard InChI is InChI=1S/C18H24N2O9/c1-4-12(22)26-9-10-15(28-13(23)5-2)16(29-14(24)6-3)17(27-10)20-8-7-11(21)19-18(20)25/h7-8,10,15-17H,4-6,9H2,1-3H3,(H,19,21,25)/t10-,15-,16-,17-/m1/s1. The third-order valence-electron chi connectivity index (χ3n) is 4.22. The van der Waals surface area contributed by atoms with Gasteiger partial charge in [0.05, 0.1) is 0 Å². The van der Waals surface area contributed by atoms with Crippen molar-refractivity contribution in [3.05, 3.63) is 33.1 Å². The summed E-state index contributed by atoms with van der Waals surface area (Å²) >= 11 is 0. The SMILES string of the molecule is CCC(=O)OC[C@H]1O[C@@H](n2ccc(=O)[nH]c2=O)[C@H](OC(=O)CC)[C@@H]1OC(=O)CC. The Morgan fingerprint density at radius 2 is 1.59 bits per heavy atom. The third kappa shape index (κ3) is 5.53. The van der Waals surface area contributed by atoms with Gasteiger partial charge < -0.3 is 18.9 Å². The number of hydrogen-bond donors (Lipinski definition) is 1. The molecule has 4 atom stereocenters. The first-order chi connectivity index (χ1) is 13.8. The van der Waals surface area contributed by atoms with Crippen molar-refractivity contribution in [2.45, 2.75) is 64.6 Å². The van der Waals surface area contributed by atoms with Crippen molar-refractivity contribution in [1.29, 1.82) is 0 Å². The molecule has 0 amide bonds. The molecule has 0 radical (unpaired) electrons. The van der Waals surface area contributed by atoms with E-state index in [9.17, 15) is 24.0 Å². The highest BCUT2D eigenvalue weighted by atomic mass is 16.7. The van der Waals surface area contributed by atoms with Crippen LogP contribution >= 0.6 is 0 Å². The molecule has 0 spiro atoms. The topological polar surface area (TPSA) is 143 Å². The summed E-state index contributed by atoms with van der Waals surface area (Å²) in [6, 6.07) is 1.10. The molecule has 1 aliphatic heterocycles. The zero-order chi connectivity index (χ0) is 21.6. The number of H-pyrrole nitrogens is 1. The van der Waals surface area contributed by atoms with Gasteiger partial charge in [-0.3, -0.25) is 28.7 Å². The Labute approximate surface area is 165 Å². The molecular weight excluding hydrogens is 388 g/mol. The maximum atomic E-state index is 12.2. The minimum absolute atomic E-state index is 0.0354. The van der Waals surface area contributed by atoms with Crippen LogP contribution in [0.15, 0.2) is 21.9 Å². The first-order valence-electron chi connectivity index (χ1n) is 9.32. The fraction of sp³-hybridized carbons (Fsp3) is 0.611. The number of rotatable bonds is 8. The van der Waals surface area contributed by atoms with Crippen LogP contribution in [0.5, 0.6) is 0 Å². The second kappa shape index (κ2) is 10.0. The van der Waals surface area contributed by atoms with Gasteiger partial charge in [0.2, 0.25) is 0 Å². The molecule has 1 saturated heterocycles. The lowest BCUT2D eigenvalue weighted by atomic mass is 10.1. The van der Waals surface area contributed by atoms with Crippen molar-refractivity contribution in [2.24, 2.45) is 0 Å². The Hall–Kier alpha value is -2.95. The number of carbonyl (C=O) groups is 3. The van der Waals surface area contributed by atoms with Crippen molar-refractivity contribution >= 4 is 17.9 Å². The molecule has 0 saturated carbocycles. The average molecular weight is 412 g/mol. The smallest absolute Gasteiger partial charge is 0.330 e. The van der Waals surface area contributed by atoms with Crippen molar-refractivity contribution in [3.8, 4) is 0 Å². The van der Waals surface area contributed by atoms with Gasteiger partial charge in [0.15, 0.2) is 18.4 Å². The van der Waals surface area contributed by atoms with E-state index in [2.05, 4.69) is 4.98 Å². The summed E-state index contributed by atoms with van der Waals surface area (Å²) < 4.78 is 22.7. The van der Waals surface area contributed by atoms with Gasteiger partial charge in [-0.1, -0.05) is 20.8 Å². The van der Waals surface area contributed by atoms with Crippen LogP contribution in [-0.2, 0) is 33.3 Å². The largest absolute Gasteiger partial charge is 0.463 e. The number of hydrogen-bond acceptors (Lipinski definition) is 9. The van der Waals surface area contributed by atoms with Crippen LogP contribution in [0.25, 0.3) is 0 Å². The number of nitrogens with zero attached hydrogens (tertiary/aromatic N) is 1. The van der Waals surface area contributed by atoms with E-state index in [4.69, 9.17) is 18.9 Å². The first kappa shape index (κ1) is 22.3. The van der Waals surface area contributed by atoms with Gasteiger partial charge >= 0.3 is 23.6 Å². The first-order valence-corrected chi connectivity index (χ1v) is 9.32. The molecule has 160 valence electrons. The molecule has 0 aromatic carbocycles. The van der Waals surface area contributed by atoms with Crippen LogP contribution in [0.1, 0.15) is 46.3 Å². The third-order valence-corrected chi connectivity index (χ3v) is 4.22. The second-order valence-electron chi connectivity index (χ2n) is 6.24. The highest BCUT2D eigenvalue weighted by Gasteiger charge is 2.51. The van der Waals surface area contributed by atoms with Crippen LogP contribution in [0, 0.1) is 0 Å². The molecule has 11 heteroatoms. The maximum Gasteiger partial charge on any atom is 0.330 e. The van der Waals surface area contributed by atoms with E-state index in [1.165, 1.54) is 6.20 Å². The monoisotopic (exact) mass is 412 g/mol. The lowest BCUT2D eigenvalue weighted by molar-refractivity contribution is -0.169. The Morgan fingerprint density at radius 3 is 2.14 bits per heavy atom. The van der Waals surface area contributed by atoms with E-state index in [-0.39, 0.29) is 25.9 Å². The number of ether oxygens (including phenoxy) is 4. The van der Waals surface area contributed by atoms with Crippen LogP contribution < -0.4 is 11.2 Å². The normalized spacial score (nSPS) is 23.4. The van der Waals surface area contributed by atoms with E-state index in [1.54, 1.807) is 20.8 Å². The summed E-state index contributed by atoms with van der Waals surface area (Å²) in [5.74, 6) is -1.69. The zero-order valence-electron chi connectivity index (χ0n) is 16.4. The molecule has 1 fully saturated rings. The maximum absolute atomic E-state index is 12.2. The van der Waals surface area contributed by atoms with Crippen molar-refractivity contribution < 1.29 is 33.3 Å². The van der Waals surface area contributed by atoms with Gasteiger partial charge in [0.1, 0.15) is 12.7 Å². The molecule has 2 heterocycles. The molecule has 2 rings (SSSR count). The van der Waals surface area contributed by atoms with Crippen LogP contribution in [-0.4, -0.2) is 52.4 Å². The number of carbonyl (C=O) groups excluding carboxylic acids is 3. The quantitative estimate of drug-likeness (QED) is 0.462. The predicted molar refractivity (Wildman–Crippen MR) is 96.8 cm³/mol. The van der Waals surface area contributed by atoms with Crippen molar-refractivity contribution in [3.63, 3.8) is 0 Å². The van der Waals surface area contributed by atoms with Gasteiger partial charge in [0.25, 0.3) is 5.56 Å². The van der Waals surface area contributed by atoms with Crippen LogP contribution in [0.4, 0.5) is 0 Å². The van der Waals surface area contributed by atoms with Crippen molar-refractivity contribution in [1.82, 2.24) is 9.55 Å². The Kier molecular flexibility index (Phi) is 7.71. The van der Waals surface area contributed by atoms with E-state index in [0.717, 1.165) is 10.6 Å². The summed E-state index contributed by atoms with van der Waals surface area (Å²) in [5.41, 5.74) is -1.42. The van der Waals surface area contributed by atoms with Crippen molar-refractivity contribution in [2.75, 3.05) is 6.61 Å². The van der Waals surface area contributed by atoms with Gasteiger partial charge in [-0.15, -0.1) is 0 Å². The zero-order valence-corrected chi connectivity index (χ0v) is 16.4. The fourth-order valence-electron chi connectivity index (χ4n) is 2.71. The minimum Gasteiger partial charge on any atom is -0.463 e. The van der Waals surface area contributed by atoms with Gasteiger partial charge in [-0.25, -0.2) is 4.79 Å². The summed E-state index contributed by atoms with van der Waals surface area (Å²) in [4.78, 5) is 61.1. The van der Waals surface area contributed by atoms with Crippen LogP contribution in [0.2, 0.25) is 0 Å². The van der Waals surface area contributed by atoms with Crippen LogP contribution in [0.3, 0.4) is 0 Å². The summed E-state index contributed by atoms with van der Waals surface area (Å²) in [7, 11) is 0. The molecule has 0 unspecified atom stereocenters. The Morgan fingerprint density at radius 1 is 1.00 bits per heavy atom. The average Bonchev–Trinajstić information content (AvgIpc) is 3.02. The van der Waals surface area contributed by atoms with E-state index >= 15 is 0 Å². The molecule has 29 heavy (non-hydrogen) atoms. The molecule has 0 aliphatic carbocycles. The van der Waals surface area contributed by atoms with E-state index < -0.39 is 53.7 Å². The van der Waals surface area contributed by atoms with Gasteiger partial charge in [0, 0.05) is 31.5 Å². The molecular formula is C18H24N2O9. The summed E-state index contributed by atoms with van der Waals surface area (Å²) in [6.45, 7) is 4.50. The highest BCUT2D eigenvalue weighted by Crippen LogP contribution is 2.33. The van der Waals surface area contributed by atoms with Gasteiger partial charge in [-0.05, 0) is 0 Å². The van der Waals surface area contributed by atoms with E-state index in [1.807, 2.05) is 0 Å². The summed E-state index contributed by atoms with van der Waals surface area (Å²) in [5, 5.41) is 0. The number of esters is 3. The fourth-order valence-corrected chi connectivity index (χ4v) is 2.71. The predicted octanol–water partition coefficient (Wildman–Crippen LogP) is 0.0308. The molecule has 11 nitrogen and oxygen atoms in total. The lowest BCUT2D eigenvalue weighted by Crippen LogP contribution is -2.42. The molecule has 0 bridgehead atoms. The number of nitrogens with one attached hydrogen (secondary N) is 1. The summed E-state index contributed by atoms with van der Waals surface area (Å²) in [6.07, 6.45) is -3.10. The lowest BCUT2D eigenvalue weighted by Gasteiger charge is -2.24.